The van der Waals surface area contributed by atoms with Crippen molar-refractivity contribution in [1.29, 1.82) is 0 Å². The Morgan fingerprint density at radius 2 is 2.00 bits per heavy atom. The fraction of sp³-hybridized carbons (Fsp3) is 0.0556. The quantitative estimate of drug-likeness (QED) is 0.838. The highest BCUT2D eigenvalue weighted by Crippen LogP contribution is 2.29. The molecule has 1 saturated heterocycles. The molecule has 1 aliphatic heterocycles. The van der Waals surface area contributed by atoms with E-state index in [0.29, 0.717) is 15.6 Å². The molecule has 1 heterocycles. The van der Waals surface area contributed by atoms with Crippen LogP contribution in [0.1, 0.15) is 21.5 Å². The molecule has 1 amide bonds. The number of hydrogen-bond donors (Lipinski definition) is 2. The normalized spacial score (nSPS) is 17.3. The Balaban J connectivity index is 1.89. The molecule has 2 aromatic rings. The maximum atomic E-state index is 12.1. The van der Waals surface area contributed by atoms with Gasteiger partial charge in [0.05, 0.1) is 16.2 Å². The van der Waals surface area contributed by atoms with E-state index in [1.165, 1.54) is 17.8 Å². The molecule has 6 heteroatoms. The molecular formula is C18H14N2O3S. The number of carbonyl (C=O) groups excluding carboxylic acids is 1. The maximum Gasteiger partial charge on any atom is 0.336 e. The summed E-state index contributed by atoms with van der Waals surface area (Å²) in [5.74, 6) is -1.31. The van der Waals surface area contributed by atoms with Crippen molar-refractivity contribution in [2.24, 2.45) is 4.99 Å². The summed E-state index contributed by atoms with van der Waals surface area (Å²) in [6.45, 7) is 1.97. The Labute approximate surface area is 143 Å². The maximum absolute atomic E-state index is 12.1. The van der Waals surface area contributed by atoms with E-state index in [1.54, 1.807) is 24.3 Å². The van der Waals surface area contributed by atoms with Crippen LogP contribution in [0, 0.1) is 6.92 Å². The first-order chi connectivity index (χ1) is 11.5. The van der Waals surface area contributed by atoms with Crippen LogP contribution in [0.15, 0.2) is 58.4 Å². The number of carbonyl (C=O) groups is 2. The first kappa shape index (κ1) is 16.0. The third-order valence-electron chi connectivity index (χ3n) is 3.36. The minimum atomic E-state index is -1.03. The lowest BCUT2D eigenvalue weighted by atomic mass is 10.1. The number of nitrogens with zero attached hydrogens (tertiary/aromatic N) is 1. The summed E-state index contributed by atoms with van der Waals surface area (Å²) in [6.07, 6.45) is 1.57. The van der Waals surface area contributed by atoms with Crippen LogP contribution in [0.25, 0.3) is 6.08 Å². The van der Waals surface area contributed by atoms with Gasteiger partial charge in [0.1, 0.15) is 0 Å². The highest BCUT2D eigenvalue weighted by molar-refractivity contribution is 8.18. The van der Waals surface area contributed by atoms with Crippen molar-refractivity contribution in [2.45, 2.75) is 6.92 Å². The summed E-state index contributed by atoms with van der Waals surface area (Å²) in [4.78, 5) is 28.2. The van der Waals surface area contributed by atoms with E-state index >= 15 is 0 Å². The second-order valence-corrected chi connectivity index (χ2v) is 6.24. The molecule has 0 aliphatic carbocycles. The van der Waals surface area contributed by atoms with Gasteiger partial charge in [-0.1, -0.05) is 30.3 Å². The predicted molar refractivity (Wildman–Crippen MR) is 95.4 cm³/mol. The highest BCUT2D eigenvalue weighted by atomic mass is 32.2. The zero-order valence-electron chi connectivity index (χ0n) is 12.8. The van der Waals surface area contributed by atoms with Gasteiger partial charge in [-0.05, 0) is 54.1 Å². The van der Waals surface area contributed by atoms with Crippen molar-refractivity contribution >= 4 is 40.6 Å². The Morgan fingerprint density at radius 1 is 1.21 bits per heavy atom. The third-order valence-corrected chi connectivity index (χ3v) is 4.27. The van der Waals surface area contributed by atoms with Crippen LogP contribution in [0.4, 0.5) is 5.69 Å². The fourth-order valence-corrected chi connectivity index (χ4v) is 3.09. The van der Waals surface area contributed by atoms with Crippen molar-refractivity contribution in [3.8, 4) is 0 Å². The monoisotopic (exact) mass is 338 g/mol. The van der Waals surface area contributed by atoms with Gasteiger partial charge < -0.3 is 10.4 Å². The number of amidine groups is 1. The summed E-state index contributed by atoms with van der Waals surface area (Å²) < 4.78 is 0. The van der Waals surface area contributed by atoms with Crippen LogP contribution in [-0.4, -0.2) is 22.2 Å². The van der Waals surface area contributed by atoms with Gasteiger partial charge in [-0.25, -0.2) is 9.79 Å². The number of carboxylic acid groups (broad SMARTS) is 1. The molecule has 0 unspecified atom stereocenters. The lowest BCUT2D eigenvalue weighted by Crippen LogP contribution is -2.19. The minimum absolute atomic E-state index is 0.155. The number of aryl methyl sites for hydroxylation is 1. The van der Waals surface area contributed by atoms with Gasteiger partial charge in [0.2, 0.25) is 0 Å². The summed E-state index contributed by atoms with van der Waals surface area (Å²) in [5, 5.41) is 12.4. The van der Waals surface area contributed by atoms with Gasteiger partial charge in [-0.3, -0.25) is 4.79 Å². The Kier molecular flexibility index (Phi) is 4.48. The second-order valence-electron chi connectivity index (χ2n) is 5.21. The smallest absolute Gasteiger partial charge is 0.336 e. The Bertz CT molecular complexity index is 887. The molecule has 0 atom stereocenters. The number of benzene rings is 2. The molecule has 1 aliphatic rings. The second kappa shape index (κ2) is 6.72. The van der Waals surface area contributed by atoms with Crippen LogP contribution < -0.4 is 5.32 Å². The molecule has 120 valence electrons. The minimum Gasteiger partial charge on any atom is -0.478 e. The molecule has 0 spiro atoms. The van der Waals surface area contributed by atoms with Gasteiger partial charge in [-0.15, -0.1) is 0 Å². The van der Waals surface area contributed by atoms with Crippen LogP contribution in [0.5, 0.6) is 0 Å². The van der Waals surface area contributed by atoms with Crippen LogP contribution >= 0.6 is 11.8 Å². The largest absolute Gasteiger partial charge is 0.478 e. The Morgan fingerprint density at radius 3 is 2.75 bits per heavy atom. The van der Waals surface area contributed by atoms with E-state index in [9.17, 15) is 14.7 Å². The van der Waals surface area contributed by atoms with E-state index in [-0.39, 0.29) is 11.5 Å². The molecule has 2 N–H and O–H groups in total. The number of hydrogen-bond acceptors (Lipinski definition) is 4. The van der Waals surface area contributed by atoms with Crippen molar-refractivity contribution < 1.29 is 14.7 Å². The zero-order chi connectivity index (χ0) is 17.1. The SMILES string of the molecule is Cc1cccc(N=C2NC(=O)/C(=C\c3ccccc3C(=O)O)S2)c1. The van der Waals surface area contributed by atoms with Gasteiger partial charge in [-0.2, -0.15) is 0 Å². The third kappa shape index (κ3) is 3.55. The lowest BCUT2D eigenvalue weighted by molar-refractivity contribution is -0.115. The summed E-state index contributed by atoms with van der Waals surface area (Å²) in [6, 6.07) is 14.2. The van der Waals surface area contributed by atoms with Crippen molar-refractivity contribution in [3.05, 3.63) is 70.1 Å². The number of aliphatic imine (C=N–C) groups is 1. The molecule has 3 rings (SSSR count). The van der Waals surface area contributed by atoms with Gasteiger partial charge in [0.15, 0.2) is 5.17 Å². The molecular weight excluding hydrogens is 324 g/mol. The summed E-state index contributed by atoms with van der Waals surface area (Å²) in [7, 11) is 0. The van der Waals surface area contributed by atoms with E-state index in [1.807, 2.05) is 31.2 Å². The number of rotatable bonds is 3. The molecule has 1 fully saturated rings. The van der Waals surface area contributed by atoms with Crippen LogP contribution in [-0.2, 0) is 4.79 Å². The number of nitrogens with one attached hydrogen (secondary N) is 1. The lowest BCUT2D eigenvalue weighted by Gasteiger charge is -2.00. The molecule has 0 bridgehead atoms. The van der Waals surface area contributed by atoms with Gasteiger partial charge in [0, 0.05) is 0 Å². The number of amides is 1. The van der Waals surface area contributed by atoms with Gasteiger partial charge in [0.25, 0.3) is 5.91 Å². The fourth-order valence-electron chi connectivity index (χ4n) is 2.25. The zero-order valence-corrected chi connectivity index (χ0v) is 13.6. The van der Waals surface area contributed by atoms with E-state index in [0.717, 1.165) is 11.3 Å². The van der Waals surface area contributed by atoms with Crippen molar-refractivity contribution in [3.63, 3.8) is 0 Å². The predicted octanol–water partition coefficient (Wildman–Crippen LogP) is 3.58. The van der Waals surface area contributed by atoms with E-state index < -0.39 is 5.97 Å². The average Bonchev–Trinajstić information content (AvgIpc) is 2.87. The first-order valence-electron chi connectivity index (χ1n) is 7.21. The van der Waals surface area contributed by atoms with Crippen molar-refractivity contribution in [1.82, 2.24) is 5.32 Å². The first-order valence-corrected chi connectivity index (χ1v) is 8.03. The Hall–Kier alpha value is -2.86. The van der Waals surface area contributed by atoms with Crippen LogP contribution in [0.3, 0.4) is 0 Å². The highest BCUT2D eigenvalue weighted by Gasteiger charge is 2.24. The summed E-state index contributed by atoms with van der Waals surface area (Å²) in [5.41, 5.74) is 2.48. The molecule has 24 heavy (non-hydrogen) atoms. The molecule has 5 nitrogen and oxygen atoms in total. The topological polar surface area (TPSA) is 78.8 Å². The number of aromatic carboxylic acids is 1. The van der Waals surface area contributed by atoms with E-state index in [4.69, 9.17) is 0 Å². The summed E-state index contributed by atoms with van der Waals surface area (Å²) >= 11 is 1.19. The number of carboxylic acids is 1. The standard InChI is InChI=1S/C18H14N2O3S/c1-11-5-4-7-13(9-11)19-18-20-16(21)15(24-18)10-12-6-2-3-8-14(12)17(22)23/h2-10H,1H3,(H,22,23)(H,19,20,21)/b15-10+. The number of thioether (sulfide) groups is 1. The molecule has 0 saturated carbocycles. The molecule has 0 radical (unpaired) electrons. The average molecular weight is 338 g/mol. The van der Waals surface area contributed by atoms with Crippen molar-refractivity contribution in [2.75, 3.05) is 0 Å². The van der Waals surface area contributed by atoms with E-state index in [2.05, 4.69) is 10.3 Å². The molecule has 0 aromatic heterocycles. The molecule has 2 aromatic carbocycles. The van der Waals surface area contributed by atoms with Crippen LogP contribution in [0.2, 0.25) is 0 Å². The van der Waals surface area contributed by atoms with Gasteiger partial charge >= 0.3 is 5.97 Å².